The van der Waals surface area contributed by atoms with E-state index < -0.39 is 23.7 Å². The topological polar surface area (TPSA) is 115 Å². The molecule has 0 spiro atoms. The van der Waals surface area contributed by atoms with Crippen molar-refractivity contribution in [1.82, 2.24) is 4.98 Å². The van der Waals surface area contributed by atoms with Gasteiger partial charge in [0.05, 0.1) is 23.9 Å². The van der Waals surface area contributed by atoms with E-state index in [4.69, 9.17) is 14.2 Å². The van der Waals surface area contributed by atoms with Crippen molar-refractivity contribution in [2.45, 2.75) is 58.6 Å². The molecule has 1 amide bonds. The van der Waals surface area contributed by atoms with E-state index in [0.717, 1.165) is 41.9 Å². The Morgan fingerprint density at radius 3 is 2.81 bits per heavy atom. The number of aliphatic hydroxyl groups excluding tert-OH is 1. The molecule has 224 valence electrons. The van der Waals surface area contributed by atoms with Gasteiger partial charge >= 0.3 is 11.9 Å². The van der Waals surface area contributed by atoms with Crippen LogP contribution in [0, 0.1) is 6.92 Å². The van der Waals surface area contributed by atoms with Crippen molar-refractivity contribution in [3.05, 3.63) is 88.0 Å². The Morgan fingerprint density at radius 2 is 2.05 bits per heavy atom. The van der Waals surface area contributed by atoms with E-state index >= 15 is 0 Å². The van der Waals surface area contributed by atoms with E-state index in [9.17, 15) is 19.5 Å². The maximum Gasteiger partial charge on any atom is 0.350 e. The number of esters is 1. The third-order valence-corrected chi connectivity index (χ3v) is 8.45. The first-order chi connectivity index (χ1) is 20.7. The summed E-state index contributed by atoms with van der Waals surface area (Å²) in [5.41, 5.74) is 2.13. The Morgan fingerprint density at radius 1 is 1.23 bits per heavy atom. The van der Waals surface area contributed by atoms with E-state index in [1.165, 1.54) is 11.0 Å². The molecule has 43 heavy (non-hydrogen) atoms. The van der Waals surface area contributed by atoms with Gasteiger partial charge in [0.2, 0.25) is 0 Å². The zero-order chi connectivity index (χ0) is 30.7. The maximum atomic E-state index is 13.7. The Balaban J connectivity index is 1.61. The number of carbonyl (C=O) groups is 3. The molecular weight excluding hydrogens is 568 g/mol. The van der Waals surface area contributed by atoms with Gasteiger partial charge in [-0.15, -0.1) is 0 Å². The first kappa shape index (κ1) is 30.0. The minimum absolute atomic E-state index is 0.00134. The summed E-state index contributed by atoms with van der Waals surface area (Å²) < 4.78 is 17.0. The number of hydrogen-bond donors (Lipinski definition) is 1. The Bertz CT molecular complexity index is 1610. The monoisotopic (exact) mass is 602 g/mol. The van der Waals surface area contributed by atoms with Gasteiger partial charge in [0, 0.05) is 12.0 Å². The molecule has 0 bridgehead atoms. The number of ketones is 1. The lowest BCUT2D eigenvalue weighted by Crippen LogP contribution is -2.29. The lowest BCUT2D eigenvalue weighted by atomic mass is 9.94. The second kappa shape index (κ2) is 12.8. The van der Waals surface area contributed by atoms with Crippen molar-refractivity contribution < 1.29 is 33.7 Å². The Hall–Kier alpha value is -4.44. The number of aryl methyl sites for hydroxylation is 1. The number of anilines is 1. The number of thiazole rings is 1. The van der Waals surface area contributed by atoms with E-state index in [2.05, 4.69) is 18.5 Å². The Kier molecular flexibility index (Phi) is 8.96. The highest BCUT2D eigenvalue weighted by molar-refractivity contribution is 7.17. The summed E-state index contributed by atoms with van der Waals surface area (Å²) in [5, 5.41) is 11.8. The molecule has 1 saturated heterocycles. The van der Waals surface area contributed by atoms with Crippen LogP contribution in [0.3, 0.4) is 0 Å². The summed E-state index contributed by atoms with van der Waals surface area (Å²) in [6.07, 6.45) is 5.10. The molecule has 2 atom stereocenters. The summed E-state index contributed by atoms with van der Waals surface area (Å²) in [7, 11) is 0. The number of hydrogen-bond acceptors (Lipinski definition) is 9. The van der Waals surface area contributed by atoms with Crippen LogP contribution in [0.5, 0.6) is 11.5 Å². The molecule has 1 N–H and O–H groups in total. The highest BCUT2D eigenvalue weighted by atomic mass is 32.1. The predicted octanol–water partition coefficient (Wildman–Crippen LogP) is 6.31. The molecule has 5 rings (SSSR count). The first-order valence-electron chi connectivity index (χ1n) is 14.3. The van der Waals surface area contributed by atoms with Crippen molar-refractivity contribution in [3.8, 4) is 11.5 Å². The molecule has 2 aromatic carbocycles. The fourth-order valence-electron chi connectivity index (χ4n) is 5.26. The minimum Gasteiger partial charge on any atom is -0.507 e. The van der Waals surface area contributed by atoms with Gasteiger partial charge in [0.25, 0.3) is 5.78 Å². The van der Waals surface area contributed by atoms with Gasteiger partial charge in [-0.25, -0.2) is 9.78 Å². The number of nitrogens with zero attached hydrogens (tertiary/aromatic N) is 2. The number of carbonyl (C=O) groups excluding carboxylic acids is 3. The van der Waals surface area contributed by atoms with E-state index in [-0.39, 0.29) is 34.1 Å². The standard InChI is InChI=1S/C33H34N2O7S/c1-5-7-8-15-40-24-11-9-10-21(18-24)27-26(28(36)22-12-13-25-23(17-22)16-19(3)42-25)29(37)31(38)35(27)33-34-20(4)30(43-33)32(39)41-14-6-2/h6,9-13,17-19,27,36H,2,5,7-8,14-16H2,1,3-4H3/t19-,27+/m1/s1. The molecule has 3 aromatic rings. The van der Waals surface area contributed by atoms with Crippen LogP contribution in [0.2, 0.25) is 0 Å². The molecular formula is C33H34N2O7S. The van der Waals surface area contributed by atoms with Gasteiger partial charge in [-0.1, -0.05) is 55.9 Å². The van der Waals surface area contributed by atoms with Crippen LogP contribution < -0.4 is 14.4 Å². The van der Waals surface area contributed by atoms with Gasteiger partial charge < -0.3 is 19.3 Å². The van der Waals surface area contributed by atoms with Crippen molar-refractivity contribution in [2.75, 3.05) is 18.1 Å². The Labute approximate surface area is 254 Å². The maximum absolute atomic E-state index is 13.7. The number of amides is 1. The highest BCUT2D eigenvalue weighted by Crippen LogP contribution is 2.45. The summed E-state index contributed by atoms with van der Waals surface area (Å²) in [6, 6.07) is 11.3. The van der Waals surface area contributed by atoms with Crippen molar-refractivity contribution in [1.29, 1.82) is 0 Å². The molecule has 2 aliphatic heterocycles. The largest absolute Gasteiger partial charge is 0.507 e. The van der Waals surface area contributed by atoms with Crippen LogP contribution in [0.1, 0.15) is 71.2 Å². The predicted molar refractivity (Wildman–Crippen MR) is 164 cm³/mol. The van der Waals surface area contributed by atoms with Crippen LogP contribution in [0.25, 0.3) is 5.76 Å². The van der Waals surface area contributed by atoms with Crippen molar-refractivity contribution in [2.24, 2.45) is 0 Å². The van der Waals surface area contributed by atoms with E-state index in [1.807, 2.05) is 13.0 Å². The molecule has 3 heterocycles. The van der Waals surface area contributed by atoms with Crippen LogP contribution in [-0.2, 0) is 20.7 Å². The number of aliphatic hydroxyl groups is 1. The average molecular weight is 603 g/mol. The zero-order valence-corrected chi connectivity index (χ0v) is 25.2. The third kappa shape index (κ3) is 6.06. The van der Waals surface area contributed by atoms with Gasteiger partial charge in [-0.3, -0.25) is 14.5 Å². The first-order valence-corrected chi connectivity index (χ1v) is 15.1. The minimum atomic E-state index is -1.02. The SMILES string of the molecule is C=CCOC(=O)c1sc(N2C(=O)C(=O)C(=C(O)c3ccc4c(c3)C[C@@H](C)O4)[C@@H]2c2cccc(OCCCCC)c2)nc1C. The normalized spacial score (nSPS) is 18.8. The summed E-state index contributed by atoms with van der Waals surface area (Å²) in [5.74, 6) is -1.33. The van der Waals surface area contributed by atoms with Gasteiger partial charge in [0.15, 0.2) is 5.13 Å². The van der Waals surface area contributed by atoms with Crippen LogP contribution in [0.15, 0.2) is 60.7 Å². The lowest BCUT2D eigenvalue weighted by molar-refractivity contribution is -0.132. The number of rotatable bonds is 11. The van der Waals surface area contributed by atoms with E-state index in [0.29, 0.717) is 35.6 Å². The fraction of sp³-hybridized carbons (Fsp3) is 0.333. The summed E-state index contributed by atoms with van der Waals surface area (Å²) in [4.78, 5) is 46.0. The molecule has 0 aliphatic carbocycles. The summed E-state index contributed by atoms with van der Waals surface area (Å²) >= 11 is 0.950. The van der Waals surface area contributed by atoms with Crippen LogP contribution in [-0.4, -0.2) is 47.1 Å². The lowest BCUT2D eigenvalue weighted by Gasteiger charge is -2.23. The second-order valence-electron chi connectivity index (χ2n) is 10.6. The number of benzene rings is 2. The highest BCUT2D eigenvalue weighted by Gasteiger charge is 2.48. The molecule has 0 radical (unpaired) electrons. The second-order valence-corrected chi connectivity index (χ2v) is 11.5. The zero-order valence-electron chi connectivity index (χ0n) is 24.4. The van der Waals surface area contributed by atoms with Crippen molar-refractivity contribution >= 4 is 39.9 Å². The third-order valence-electron chi connectivity index (χ3n) is 7.31. The van der Waals surface area contributed by atoms with Gasteiger partial charge in [-0.05, 0) is 61.7 Å². The number of Topliss-reactive ketones (excluding diaryl/α,β-unsaturated/α-hetero) is 1. The van der Waals surface area contributed by atoms with Crippen molar-refractivity contribution in [3.63, 3.8) is 0 Å². The molecule has 10 heteroatoms. The molecule has 9 nitrogen and oxygen atoms in total. The molecule has 1 aromatic heterocycles. The van der Waals surface area contributed by atoms with E-state index in [1.54, 1.807) is 43.3 Å². The van der Waals surface area contributed by atoms with Gasteiger partial charge in [-0.2, -0.15) is 0 Å². The van der Waals surface area contributed by atoms with Crippen LogP contribution >= 0.6 is 11.3 Å². The number of ether oxygens (including phenoxy) is 3. The molecule has 2 aliphatic rings. The number of aromatic nitrogens is 1. The average Bonchev–Trinajstić information content (AvgIpc) is 3.65. The molecule has 0 saturated carbocycles. The smallest absolute Gasteiger partial charge is 0.350 e. The number of unbranched alkanes of at least 4 members (excludes halogenated alkanes) is 2. The number of fused-ring (bicyclic) bond motifs is 1. The quantitative estimate of drug-likeness (QED) is 0.0678. The van der Waals surface area contributed by atoms with Crippen LogP contribution in [0.4, 0.5) is 5.13 Å². The molecule has 0 unspecified atom stereocenters. The van der Waals surface area contributed by atoms with Gasteiger partial charge in [0.1, 0.15) is 34.8 Å². The summed E-state index contributed by atoms with van der Waals surface area (Å²) in [6.45, 7) is 9.81. The fourth-order valence-corrected chi connectivity index (χ4v) is 6.25. The molecule has 1 fully saturated rings.